The Hall–Kier alpha value is -3.33. The molecule has 156 valence electrons. The molecule has 0 aliphatic rings. The van der Waals surface area contributed by atoms with Crippen LogP contribution in [-0.2, 0) is 13.2 Å². The van der Waals surface area contributed by atoms with Crippen LogP contribution in [0.1, 0.15) is 22.3 Å². The molecule has 0 aliphatic carbocycles. The van der Waals surface area contributed by atoms with Gasteiger partial charge in [-0.2, -0.15) is 18.3 Å². The molecule has 0 bridgehead atoms. The quantitative estimate of drug-likeness (QED) is 0.489. The lowest BCUT2D eigenvalue weighted by Crippen LogP contribution is -2.25. The predicted octanol–water partition coefficient (Wildman–Crippen LogP) is 3.61. The summed E-state index contributed by atoms with van der Waals surface area (Å²) in [6, 6.07) is 10.2. The van der Waals surface area contributed by atoms with Gasteiger partial charge < -0.3 is 15.6 Å². The summed E-state index contributed by atoms with van der Waals surface area (Å²) < 4.78 is 42.3. The van der Waals surface area contributed by atoms with E-state index in [4.69, 9.17) is 5.73 Å². The minimum absolute atomic E-state index is 0.211. The van der Waals surface area contributed by atoms with Crippen LogP contribution in [0, 0.1) is 0 Å². The second kappa shape index (κ2) is 7.49. The van der Waals surface area contributed by atoms with E-state index >= 15 is 0 Å². The topological polar surface area (TPSA) is 77.9 Å². The van der Waals surface area contributed by atoms with Gasteiger partial charge in [-0.3, -0.25) is 9.48 Å². The number of benzene rings is 2. The fraction of sp³-hybridized carbons (Fsp3) is 0.238. The first kappa shape index (κ1) is 20.0. The van der Waals surface area contributed by atoms with Crippen molar-refractivity contribution >= 4 is 27.8 Å². The molecule has 0 fully saturated rings. The van der Waals surface area contributed by atoms with Gasteiger partial charge in [-0.25, -0.2) is 0 Å². The van der Waals surface area contributed by atoms with E-state index in [9.17, 15) is 18.0 Å². The van der Waals surface area contributed by atoms with E-state index < -0.39 is 11.7 Å². The summed E-state index contributed by atoms with van der Waals surface area (Å²) in [6.07, 6.45) is -1.91. The molecule has 9 heteroatoms. The van der Waals surface area contributed by atoms with Crippen LogP contribution in [0.3, 0.4) is 0 Å². The minimum atomic E-state index is -4.40. The SMILES string of the molecule is Cn1cc2c(n1)c1cc(C(=O)NCCCN)ccc1n2-c1ccc(C(F)(F)F)cc1. The van der Waals surface area contributed by atoms with Gasteiger partial charge in [0.15, 0.2) is 0 Å². The van der Waals surface area contributed by atoms with E-state index in [0.29, 0.717) is 36.3 Å². The van der Waals surface area contributed by atoms with Gasteiger partial charge in [0, 0.05) is 36.4 Å². The molecule has 0 spiro atoms. The van der Waals surface area contributed by atoms with Crippen LogP contribution in [0.2, 0.25) is 0 Å². The molecular formula is C21H20F3N5O. The molecule has 0 unspecified atom stereocenters. The van der Waals surface area contributed by atoms with Crippen LogP contribution < -0.4 is 11.1 Å². The third-order valence-electron chi connectivity index (χ3n) is 4.92. The number of carbonyl (C=O) groups is 1. The number of nitrogens with zero attached hydrogens (tertiary/aromatic N) is 3. The lowest BCUT2D eigenvalue weighted by atomic mass is 10.1. The van der Waals surface area contributed by atoms with E-state index in [2.05, 4.69) is 10.4 Å². The first-order valence-electron chi connectivity index (χ1n) is 9.43. The van der Waals surface area contributed by atoms with Crippen molar-refractivity contribution < 1.29 is 18.0 Å². The average molecular weight is 415 g/mol. The summed E-state index contributed by atoms with van der Waals surface area (Å²) in [5, 5.41) is 8.05. The molecule has 2 aromatic heterocycles. The van der Waals surface area contributed by atoms with Crippen LogP contribution in [0.15, 0.2) is 48.7 Å². The maximum Gasteiger partial charge on any atom is 0.416 e. The Morgan fingerprint density at radius 3 is 2.53 bits per heavy atom. The smallest absolute Gasteiger partial charge is 0.352 e. The van der Waals surface area contributed by atoms with E-state index in [1.807, 2.05) is 4.57 Å². The second-order valence-electron chi connectivity index (χ2n) is 7.05. The number of nitrogens with two attached hydrogens (primary N) is 1. The standard InChI is InChI=1S/C21H20F3N5O/c1-28-12-18-19(27-28)16-11-13(20(30)26-10-2-9-25)3-8-17(16)29(18)15-6-4-14(5-7-15)21(22,23)24/h3-8,11-12H,2,9-10,25H2,1H3,(H,26,30). The highest BCUT2D eigenvalue weighted by atomic mass is 19.4. The van der Waals surface area contributed by atoms with Crippen molar-refractivity contribution in [3.63, 3.8) is 0 Å². The van der Waals surface area contributed by atoms with Gasteiger partial charge in [0.05, 0.1) is 16.6 Å². The number of carbonyl (C=O) groups excluding carboxylic acids is 1. The molecule has 4 rings (SSSR count). The van der Waals surface area contributed by atoms with E-state index in [-0.39, 0.29) is 5.91 Å². The zero-order valence-corrected chi connectivity index (χ0v) is 16.2. The Balaban J connectivity index is 1.82. The van der Waals surface area contributed by atoms with Crippen LogP contribution in [-0.4, -0.2) is 33.3 Å². The van der Waals surface area contributed by atoms with Crippen molar-refractivity contribution in [3.8, 4) is 5.69 Å². The fourth-order valence-electron chi connectivity index (χ4n) is 3.51. The Kier molecular flexibility index (Phi) is 4.98. The molecule has 2 heterocycles. The highest BCUT2D eigenvalue weighted by Crippen LogP contribution is 2.34. The van der Waals surface area contributed by atoms with Crippen molar-refractivity contribution in [1.29, 1.82) is 0 Å². The van der Waals surface area contributed by atoms with Crippen molar-refractivity contribution in [3.05, 3.63) is 59.8 Å². The molecule has 0 saturated heterocycles. The van der Waals surface area contributed by atoms with Gasteiger partial charge >= 0.3 is 6.18 Å². The zero-order chi connectivity index (χ0) is 21.5. The summed E-state index contributed by atoms with van der Waals surface area (Å²) in [7, 11) is 1.77. The molecule has 0 aliphatic heterocycles. The lowest BCUT2D eigenvalue weighted by molar-refractivity contribution is -0.137. The minimum Gasteiger partial charge on any atom is -0.352 e. The number of fused-ring (bicyclic) bond motifs is 3. The monoisotopic (exact) mass is 415 g/mol. The number of alkyl halides is 3. The highest BCUT2D eigenvalue weighted by Gasteiger charge is 2.30. The van der Waals surface area contributed by atoms with Crippen molar-refractivity contribution in [2.24, 2.45) is 12.8 Å². The maximum atomic E-state index is 12.9. The molecule has 0 saturated carbocycles. The van der Waals surface area contributed by atoms with Gasteiger partial charge in [-0.15, -0.1) is 0 Å². The van der Waals surface area contributed by atoms with Gasteiger partial charge in [0.1, 0.15) is 5.52 Å². The van der Waals surface area contributed by atoms with Gasteiger partial charge in [0.25, 0.3) is 5.91 Å². The molecular weight excluding hydrogens is 395 g/mol. The average Bonchev–Trinajstić information content (AvgIpc) is 3.22. The number of halogens is 3. The van der Waals surface area contributed by atoms with Crippen molar-refractivity contribution in [2.75, 3.05) is 13.1 Å². The van der Waals surface area contributed by atoms with Crippen molar-refractivity contribution in [2.45, 2.75) is 12.6 Å². The summed E-state index contributed by atoms with van der Waals surface area (Å²) in [4.78, 5) is 12.4. The number of hydrogen-bond acceptors (Lipinski definition) is 3. The van der Waals surface area contributed by atoms with Crippen LogP contribution in [0.5, 0.6) is 0 Å². The Morgan fingerprint density at radius 2 is 1.87 bits per heavy atom. The molecule has 1 amide bonds. The number of aromatic nitrogens is 3. The second-order valence-corrected chi connectivity index (χ2v) is 7.05. The Morgan fingerprint density at radius 1 is 1.13 bits per heavy atom. The summed E-state index contributed by atoms with van der Waals surface area (Å²) >= 11 is 0. The maximum absolute atomic E-state index is 12.9. The molecule has 30 heavy (non-hydrogen) atoms. The largest absolute Gasteiger partial charge is 0.416 e. The molecule has 3 N–H and O–H groups in total. The summed E-state index contributed by atoms with van der Waals surface area (Å²) in [5.41, 5.74) is 7.98. The first-order valence-corrected chi connectivity index (χ1v) is 9.43. The normalized spacial score (nSPS) is 12.0. The van der Waals surface area contributed by atoms with Gasteiger partial charge in [-0.1, -0.05) is 0 Å². The molecule has 6 nitrogen and oxygen atoms in total. The lowest BCUT2D eigenvalue weighted by Gasteiger charge is -2.10. The van der Waals surface area contributed by atoms with Crippen LogP contribution in [0.25, 0.3) is 27.6 Å². The number of rotatable bonds is 5. The molecule has 2 aromatic carbocycles. The summed E-state index contributed by atoms with van der Waals surface area (Å²) in [5.74, 6) is -0.211. The number of hydrogen-bond donors (Lipinski definition) is 2. The van der Waals surface area contributed by atoms with Crippen molar-refractivity contribution in [1.82, 2.24) is 19.7 Å². The van der Waals surface area contributed by atoms with E-state index in [1.54, 1.807) is 36.1 Å². The van der Waals surface area contributed by atoms with Gasteiger partial charge in [-0.05, 0) is 55.4 Å². The predicted molar refractivity (Wildman–Crippen MR) is 109 cm³/mol. The first-order chi connectivity index (χ1) is 14.3. The number of nitrogens with one attached hydrogen (secondary N) is 1. The number of aryl methyl sites for hydroxylation is 1. The molecule has 4 aromatic rings. The number of amides is 1. The Labute approximate surface area is 170 Å². The van der Waals surface area contributed by atoms with E-state index in [1.165, 1.54) is 12.1 Å². The van der Waals surface area contributed by atoms with Crippen LogP contribution in [0.4, 0.5) is 13.2 Å². The van der Waals surface area contributed by atoms with E-state index in [0.717, 1.165) is 28.6 Å². The third kappa shape index (κ3) is 3.52. The zero-order valence-electron chi connectivity index (χ0n) is 16.2. The molecule has 0 atom stereocenters. The fourth-order valence-corrected chi connectivity index (χ4v) is 3.51. The highest BCUT2D eigenvalue weighted by molar-refractivity contribution is 6.09. The third-order valence-corrected chi connectivity index (χ3v) is 4.92. The van der Waals surface area contributed by atoms with Crippen LogP contribution >= 0.6 is 0 Å². The summed E-state index contributed by atoms with van der Waals surface area (Å²) in [6.45, 7) is 0.975. The molecule has 0 radical (unpaired) electrons. The van der Waals surface area contributed by atoms with Gasteiger partial charge in [0.2, 0.25) is 0 Å². The Bertz CT molecular complexity index is 1220.